The molecule has 1 rings (SSSR count). The Morgan fingerprint density at radius 1 is 1.40 bits per heavy atom. The Morgan fingerprint density at radius 3 is 2.80 bits per heavy atom. The van der Waals surface area contributed by atoms with E-state index >= 15 is 0 Å². The van der Waals surface area contributed by atoms with Gasteiger partial charge in [-0.1, -0.05) is 11.8 Å². The number of aliphatic hydroxyl groups is 1. The average Bonchev–Trinajstić information content (AvgIpc) is 2.29. The van der Waals surface area contributed by atoms with Crippen molar-refractivity contribution in [3.05, 3.63) is 0 Å². The predicted octanol–water partition coefficient (Wildman–Crippen LogP) is 0.396. The molecule has 0 radical (unpaired) electrons. The minimum atomic E-state index is 0.175. The smallest absolute Gasteiger partial charge is 0.321 e. The summed E-state index contributed by atoms with van der Waals surface area (Å²) in [6, 6.07) is 0.292. The first-order valence-electron chi connectivity index (χ1n) is 4.51. The van der Waals surface area contributed by atoms with Crippen molar-refractivity contribution in [1.82, 2.24) is 15.0 Å². The van der Waals surface area contributed by atoms with Gasteiger partial charge < -0.3 is 15.2 Å². The maximum atomic E-state index is 8.64. The zero-order valence-electron chi connectivity index (χ0n) is 8.73. The number of ether oxygens (including phenoxy) is 1. The van der Waals surface area contributed by atoms with E-state index < -0.39 is 0 Å². The van der Waals surface area contributed by atoms with E-state index in [1.807, 2.05) is 0 Å². The normalized spacial score (nSPS) is 10.1. The van der Waals surface area contributed by atoms with Crippen LogP contribution in [0, 0.1) is 0 Å². The minimum absolute atomic E-state index is 0.175. The van der Waals surface area contributed by atoms with Crippen molar-refractivity contribution in [3.8, 4) is 6.01 Å². The van der Waals surface area contributed by atoms with E-state index in [1.54, 1.807) is 7.05 Å². The number of hydrogen-bond acceptors (Lipinski definition) is 7. The van der Waals surface area contributed by atoms with E-state index in [9.17, 15) is 0 Å². The Morgan fingerprint density at radius 2 is 2.20 bits per heavy atom. The van der Waals surface area contributed by atoms with Crippen LogP contribution in [0.5, 0.6) is 6.01 Å². The number of hydrogen-bond donors (Lipinski definition) is 2. The van der Waals surface area contributed by atoms with Crippen LogP contribution in [0.3, 0.4) is 0 Å². The number of aliphatic hydroxyl groups excluding tert-OH is 1. The monoisotopic (exact) mass is 230 g/mol. The van der Waals surface area contributed by atoms with Crippen molar-refractivity contribution < 1.29 is 9.84 Å². The number of nitrogens with one attached hydrogen (secondary N) is 1. The number of thioether (sulfide) groups is 1. The van der Waals surface area contributed by atoms with Crippen molar-refractivity contribution in [2.45, 2.75) is 11.6 Å². The lowest BCUT2D eigenvalue weighted by Gasteiger charge is -2.04. The summed E-state index contributed by atoms with van der Waals surface area (Å²) in [5.74, 6) is 1.25. The Kier molecular flexibility index (Phi) is 5.13. The van der Waals surface area contributed by atoms with Crippen LogP contribution in [-0.4, -0.2) is 46.6 Å². The molecule has 0 atom stereocenters. The molecule has 1 aromatic rings. The van der Waals surface area contributed by atoms with Gasteiger partial charge in [-0.2, -0.15) is 15.0 Å². The Bertz CT molecular complexity index is 288. The number of nitrogens with zero attached hydrogens (tertiary/aromatic N) is 3. The fourth-order valence-electron chi connectivity index (χ4n) is 0.834. The summed E-state index contributed by atoms with van der Waals surface area (Å²) in [6.45, 7) is 0.175. The molecule has 0 aliphatic rings. The summed E-state index contributed by atoms with van der Waals surface area (Å²) in [7, 11) is 3.24. The van der Waals surface area contributed by atoms with Crippen molar-refractivity contribution in [1.29, 1.82) is 0 Å². The molecule has 7 heteroatoms. The molecule has 0 amide bonds. The Hall–Kier alpha value is -1.08. The van der Waals surface area contributed by atoms with E-state index in [-0.39, 0.29) is 6.61 Å². The zero-order valence-corrected chi connectivity index (χ0v) is 9.54. The van der Waals surface area contributed by atoms with Crippen molar-refractivity contribution in [2.24, 2.45) is 0 Å². The van der Waals surface area contributed by atoms with Crippen LogP contribution >= 0.6 is 11.8 Å². The molecule has 0 saturated heterocycles. The molecule has 15 heavy (non-hydrogen) atoms. The van der Waals surface area contributed by atoms with Crippen molar-refractivity contribution in [3.63, 3.8) is 0 Å². The maximum Gasteiger partial charge on any atom is 0.321 e. The van der Waals surface area contributed by atoms with E-state index in [4.69, 9.17) is 9.84 Å². The van der Waals surface area contributed by atoms with Gasteiger partial charge in [0.2, 0.25) is 5.95 Å². The van der Waals surface area contributed by atoms with Crippen LogP contribution in [0.1, 0.15) is 6.42 Å². The Labute approximate surface area is 92.5 Å². The van der Waals surface area contributed by atoms with Crippen LogP contribution in [0.15, 0.2) is 5.16 Å². The summed E-state index contributed by atoms with van der Waals surface area (Å²) in [6.07, 6.45) is 0.716. The molecule has 0 aromatic carbocycles. The fourth-order valence-corrected chi connectivity index (χ4v) is 1.58. The second-order valence-corrected chi connectivity index (χ2v) is 3.67. The predicted molar refractivity (Wildman–Crippen MR) is 58.4 cm³/mol. The molecule has 6 nitrogen and oxygen atoms in total. The van der Waals surface area contributed by atoms with Gasteiger partial charge in [-0.25, -0.2) is 0 Å². The van der Waals surface area contributed by atoms with Crippen LogP contribution in [0.2, 0.25) is 0 Å². The van der Waals surface area contributed by atoms with E-state index in [1.165, 1.54) is 18.9 Å². The molecular weight excluding hydrogens is 216 g/mol. The minimum Gasteiger partial charge on any atom is -0.467 e. The molecule has 0 spiro atoms. The second-order valence-electron chi connectivity index (χ2n) is 2.60. The highest BCUT2D eigenvalue weighted by atomic mass is 32.2. The van der Waals surface area contributed by atoms with Gasteiger partial charge in [0, 0.05) is 19.4 Å². The standard InChI is InChI=1S/C8H14N4O2S/c1-9-6-10-7(14-2)12-8(11-6)15-5-3-4-13/h13H,3-5H2,1-2H3,(H,9,10,11,12). The van der Waals surface area contributed by atoms with Crippen LogP contribution in [-0.2, 0) is 0 Å². The quantitative estimate of drug-likeness (QED) is 0.540. The lowest BCUT2D eigenvalue weighted by atomic mass is 10.5. The van der Waals surface area contributed by atoms with Gasteiger partial charge >= 0.3 is 6.01 Å². The highest BCUT2D eigenvalue weighted by Crippen LogP contribution is 2.17. The molecule has 0 bridgehead atoms. The lowest BCUT2D eigenvalue weighted by Crippen LogP contribution is -2.03. The zero-order chi connectivity index (χ0) is 11.1. The molecule has 0 unspecified atom stereocenters. The highest BCUT2D eigenvalue weighted by Gasteiger charge is 2.05. The Balaban J connectivity index is 2.68. The fraction of sp³-hybridized carbons (Fsp3) is 0.625. The number of anilines is 1. The van der Waals surface area contributed by atoms with Gasteiger partial charge in [0.1, 0.15) is 0 Å². The topological polar surface area (TPSA) is 80.2 Å². The van der Waals surface area contributed by atoms with Gasteiger partial charge in [-0.05, 0) is 6.42 Å². The number of methoxy groups -OCH3 is 1. The summed E-state index contributed by atoms with van der Waals surface area (Å²) in [5, 5.41) is 12.1. The largest absolute Gasteiger partial charge is 0.467 e. The van der Waals surface area contributed by atoms with Crippen LogP contribution < -0.4 is 10.1 Å². The molecule has 0 fully saturated rings. The van der Waals surface area contributed by atoms with E-state index in [0.717, 1.165) is 5.75 Å². The molecule has 84 valence electrons. The maximum absolute atomic E-state index is 8.64. The van der Waals surface area contributed by atoms with E-state index in [0.29, 0.717) is 23.5 Å². The average molecular weight is 230 g/mol. The molecule has 0 aliphatic carbocycles. The molecule has 1 aromatic heterocycles. The number of rotatable bonds is 6. The van der Waals surface area contributed by atoms with Gasteiger partial charge in [0.25, 0.3) is 0 Å². The highest BCUT2D eigenvalue weighted by molar-refractivity contribution is 7.99. The first-order chi connectivity index (χ1) is 7.30. The van der Waals surface area contributed by atoms with Crippen LogP contribution in [0.25, 0.3) is 0 Å². The molecule has 2 N–H and O–H groups in total. The number of aromatic nitrogens is 3. The molecule has 0 aliphatic heterocycles. The molecular formula is C8H14N4O2S. The van der Waals surface area contributed by atoms with Gasteiger partial charge in [-0.15, -0.1) is 0 Å². The third-order valence-corrected chi connectivity index (χ3v) is 2.47. The van der Waals surface area contributed by atoms with Crippen molar-refractivity contribution in [2.75, 3.05) is 31.8 Å². The van der Waals surface area contributed by atoms with E-state index in [2.05, 4.69) is 20.3 Å². The van der Waals surface area contributed by atoms with Gasteiger partial charge in [-0.3, -0.25) is 0 Å². The lowest BCUT2D eigenvalue weighted by molar-refractivity contribution is 0.296. The summed E-state index contributed by atoms with van der Waals surface area (Å²) in [5.41, 5.74) is 0. The third-order valence-electron chi connectivity index (χ3n) is 1.53. The van der Waals surface area contributed by atoms with Crippen molar-refractivity contribution >= 4 is 17.7 Å². The molecule has 0 saturated carbocycles. The first kappa shape index (κ1) is 12.0. The summed E-state index contributed by atoms with van der Waals surface area (Å²) < 4.78 is 4.94. The van der Waals surface area contributed by atoms with Gasteiger partial charge in [0.05, 0.1) is 7.11 Å². The van der Waals surface area contributed by atoms with Gasteiger partial charge in [0.15, 0.2) is 5.16 Å². The van der Waals surface area contributed by atoms with Crippen LogP contribution in [0.4, 0.5) is 5.95 Å². The second kappa shape index (κ2) is 6.41. The summed E-state index contributed by atoms with van der Waals surface area (Å²) >= 11 is 1.46. The molecule has 1 heterocycles. The first-order valence-corrected chi connectivity index (χ1v) is 5.50. The SMILES string of the molecule is CNc1nc(OC)nc(SCCCO)n1. The third kappa shape index (κ3) is 3.88. The summed E-state index contributed by atoms with van der Waals surface area (Å²) in [4.78, 5) is 12.2.